The molecular formula is C25H33N5O. The van der Waals surface area contributed by atoms with Crippen LogP contribution in [0.3, 0.4) is 0 Å². The van der Waals surface area contributed by atoms with Crippen LogP contribution in [0.15, 0.2) is 53.7 Å². The minimum absolute atomic E-state index is 0.0355. The molecule has 2 aromatic carbocycles. The Kier molecular flexibility index (Phi) is 8.10. The topological polar surface area (TPSA) is 81.3 Å². The number of nitrogens with zero attached hydrogens (tertiary/aromatic N) is 1. The van der Waals surface area contributed by atoms with Gasteiger partial charge < -0.3 is 20.9 Å². The number of fused-ring (bicyclic) bond motifs is 1. The lowest BCUT2D eigenvalue weighted by atomic mass is 10.1. The summed E-state index contributed by atoms with van der Waals surface area (Å²) in [4.78, 5) is 20.2. The molecule has 0 aliphatic carbocycles. The predicted octanol–water partition coefficient (Wildman–Crippen LogP) is 3.91. The third-order valence-corrected chi connectivity index (χ3v) is 5.10. The first kappa shape index (κ1) is 22.4. The van der Waals surface area contributed by atoms with Gasteiger partial charge in [0.25, 0.3) is 5.91 Å². The Bertz CT molecular complexity index is 1040. The van der Waals surface area contributed by atoms with Crippen LogP contribution in [0.2, 0.25) is 0 Å². The van der Waals surface area contributed by atoms with Crippen molar-refractivity contribution in [2.75, 3.05) is 19.6 Å². The van der Waals surface area contributed by atoms with E-state index in [4.69, 9.17) is 4.99 Å². The molecule has 0 spiro atoms. The van der Waals surface area contributed by atoms with Gasteiger partial charge in [0.05, 0.1) is 6.54 Å². The number of H-pyrrole nitrogens is 1. The molecule has 0 saturated heterocycles. The Balaban J connectivity index is 1.59. The lowest BCUT2D eigenvalue weighted by Crippen LogP contribution is -2.38. The van der Waals surface area contributed by atoms with Crippen molar-refractivity contribution in [1.29, 1.82) is 0 Å². The predicted molar refractivity (Wildman–Crippen MR) is 129 cm³/mol. The zero-order valence-electron chi connectivity index (χ0n) is 18.7. The molecule has 0 aliphatic heterocycles. The molecule has 6 nitrogen and oxygen atoms in total. The van der Waals surface area contributed by atoms with Crippen LogP contribution in [0.1, 0.15) is 47.3 Å². The lowest BCUT2D eigenvalue weighted by molar-refractivity contribution is 0.0953. The molecule has 0 aliphatic rings. The maximum Gasteiger partial charge on any atom is 0.251 e. The fourth-order valence-corrected chi connectivity index (χ4v) is 3.49. The Hall–Kier alpha value is -3.28. The van der Waals surface area contributed by atoms with Crippen molar-refractivity contribution >= 4 is 22.8 Å². The van der Waals surface area contributed by atoms with Gasteiger partial charge in [-0.2, -0.15) is 0 Å². The summed E-state index contributed by atoms with van der Waals surface area (Å²) in [7, 11) is 0. The average Bonchev–Trinajstić information content (AvgIpc) is 3.17. The molecule has 0 radical (unpaired) electrons. The van der Waals surface area contributed by atoms with Crippen molar-refractivity contribution in [2.45, 2.75) is 40.2 Å². The van der Waals surface area contributed by atoms with Gasteiger partial charge in [-0.1, -0.05) is 31.2 Å². The zero-order chi connectivity index (χ0) is 22.1. The third kappa shape index (κ3) is 6.35. The number of hydrogen-bond donors (Lipinski definition) is 4. The molecule has 1 amide bonds. The van der Waals surface area contributed by atoms with Crippen molar-refractivity contribution in [3.8, 4) is 0 Å². The standard InChI is InChI=1S/C25H33N5O/c1-4-12-27-24(31)20-8-6-7-19(15-20)16-30-25(26-5-2)28-13-11-21-17-29-23-14-18(3)9-10-22(21)23/h6-10,14-15,17,29H,4-5,11-13,16H2,1-3H3,(H,27,31)(H2,26,28,30). The van der Waals surface area contributed by atoms with Gasteiger partial charge in [0.1, 0.15) is 0 Å². The van der Waals surface area contributed by atoms with Crippen LogP contribution in [0.5, 0.6) is 0 Å². The first-order chi connectivity index (χ1) is 15.1. The normalized spacial score (nSPS) is 11.5. The molecular weight excluding hydrogens is 386 g/mol. The van der Waals surface area contributed by atoms with Crippen molar-refractivity contribution < 1.29 is 4.79 Å². The molecule has 1 aromatic heterocycles. The number of aromatic amines is 1. The Morgan fingerprint density at radius 2 is 1.90 bits per heavy atom. The number of nitrogens with one attached hydrogen (secondary N) is 4. The van der Waals surface area contributed by atoms with E-state index in [1.54, 1.807) is 0 Å². The van der Waals surface area contributed by atoms with Crippen molar-refractivity contribution in [3.63, 3.8) is 0 Å². The van der Waals surface area contributed by atoms with Gasteiger partial charge in [0.15, 0.2) is 5.96 Å². The maximum atomic E-state index is 12.2. The molecule has 164 valence electrons. The summed E-state index contributed by atoms with van der Waals surface area (Å²) in [6.45, 7) is 8.97. The largest absolute Gasteiger partial charge is 0.361 e. The highest BCUT2D eigenvalue weighted by Crippen LogP contribution is 2.19. The average molecular weight is 420 g/mol. The van der Waals surface area contributed by atoms with Gasteiger partial charge in [0.2, 0.25) is 0 Å². The monoisotopic (exact) mass is 419 g/mol. The number of carbonyl (C=O) groups excluding carboxylic acids is 1. The smallest absolute Gasteiger partial charge is 0.251 e. The fourth-order valence-electron chi connectivity index (χ4n) is 3.49. The van der Waals surface area contributed by atoms with Crippen LogP contribution in [0, 0.1) is 6.92 Å². The number of guanidine groups is 1. The quantitative estimate of drug-likeness (QED) is 0.313. The van der Waals surface area contributed by atoms with E-state index in [1.807, 2.05) is 31.2 Å². The van der Waals surface area contributed by atoms with E-state index in [0.717, 1.165) is 37.5 Å². The summed E-state index contributed by atoms with van der Waals surface area (Å²) in [5.74, 6) is 0.741. The van der Waals surface area contributed by atoms with Crippen molar-refractivity contribution in [2.24, 2.45) is 4.99 Å². The third-order valence-electron chi connectivity index (χ3n) is 5.10. The molecule has 6 heteroatoms. The number of aliphatic imine (C=N–C) groups is 1. The van der Waals surface area contributed by atoms with E-state index in [2.05, 4.69) is 59.2 Å². The maximum absolute atomic E-state index is 12.2. The molecule has 4 N–H and O–H groups in total. The van der Waals surface area contributed by atoms with Gasteiger partial charge in [-0.25, -0.2) is 4.99 Å². The number of carbonyl (C=O) groups is 1. The van der Waals surface area contributed by atoms with E-state index in [9.17, 15) is 4.79 Å². The van der Waals surface area contributed by atoms with Gasteiger partial charge in [-0.15, -0.1) is 0 Å². The second-order valence-electron chi connectivity index (χ2n) is 7.69. The van der Waals surface area contributed by atoms with E-state index in [-0.39, 0.29) is 5.91 Å². The molecule has 31 heavy (non-hydrogen) atoms. The molecule has 3 aromatic rings. The number of hydrogen-bond acceptors (Lipinski definition) is 2. The number of aryl methyl sites for hydroxylation is 1. The summed E-state index contributed by atoms with van der Waals surface area (Å²) in [6, 6.07) is 14.2. The first-order valence-electron chi connectivity index (χ1n) is 11.1. The Labute approximate surface area is 184 Å². The van der Waals surface area contributed by atoms with Crippen LogP contribution in [-0.4, -0.2) is 36.5 Å². The Morgan fingerprint density at radius 3 is 2.71 bits per heavy atom. The van der Waals surface area contributed by atoms with E-state index in [0.29, 0.717) is 18.7 Å². The molecule has 0 bridgehead atoms. The fraction of sp³-hybridized carbons (Fsp3) is 0.360. The molecule has 3 rings (SSSR count). The SMILES string of the molecule is CCCNC(=O)c1cccc(CN=C(NCC)NCCc2c[nH]c3cc(C)ccc23)c1. The summed E-state index contributed by atoms with van der Waals surface area (Å²) in [5, 5.41) is 10.9. The summed E-state index contributed by atoms with van der Waals surface area (Å²) in [5.41, 5.74) is 5.41. The van der Waals surface area contributed by atoms with Gasteiger partial charge in [-0.3, -0.25) is 4.79 Å². The number of rotatable bonds is 9. The molecule has 0 unspecified atom stereocenters. The summed E-state index contributed by atoms with van der Waals surface area (Å²) >= 11 is 0. The number of benzene rings is 2. The highest BCUT2D eigenvalue weighted by atomic mass is 16.1. The second-order valence-corrected chi connectivity index (χ2v) is 7.69. The Morgan fingerprint density at radius 1 is 1.03 bits per heavy atom. The highest BCUT2D eigenvalue weighted by molar-refractivity contribution is 5.94. The number of amides is 1. The van der Waals surface area contributed by atoms with Crippen LogP contribution in [-0.2, 0) is 13.0 Å². The highest BCUT2D eigenvalue weighted by Gasteiger charge is 2.06. The van der Waals surface area contributed by atoms with E-state index >= 15 is 0 Å². The van der Waals surface area contributed by atoms with Crippen LogP contribution < -0.4 is 16.0 Å². The summed E-state index contributed by atoms with van der Waals surface area (Å²) in [6.07, 6.45) is 3.91. The van der Waals surface area contributed by atoms with Crippen LogP contribution in [0.25, 0.3) is 10.9 Å². The van der Waals surface area contributed by atoms with Gasteiger partial charge in [-0.05, 0) is 61.6 Å². The van der Waals surface area contributed by atoms with Crippen molar-refractivity contribution in [1.82, 2.24) is 20.9 Å². The lowest BCUT2D eigenvalue weighted by Gasteiger charge is -2.11. The number of aromatic nitrogens is 1. The molecule has 1 heterocycles. The van der Waals surface area contributed by atoms with E-state index < -0.39 is 0 Å². The minimum atomic E-state index is -0.0355. The van der Waals surface area contributed by atoms with Crippen LogP contribution in [0.4, 0.5) is 0 Å². The second kappa shape index (κ2) is 11.2. The molecule has 0 fully saturated rings. The van der Waals surface area contributed by atoms with Gasteiger partial charge in [0, 0.05) is 42.3 Å². The molecule has 0 saturated carbocycles. The zero-order valence-corrected chi connectivity index (χ0v) is 18.7. The van der Waals surface area contributed by atoms with Crippen LogP contribution >= 0.6 is 0 Å². The first-order valence-corrected chi connectivity index (χ1v) is 11.1. The van der Waals surface area contributed by atoms with Crippen molar-refractivity contribution in [3.05, 3.63) is 70.9 Å². The minimum Gasteiger partial charge on any atom is -0.361 e. The summed E-state index contributed by atoms with van der Waals surface area (Å²) < 4.78 is 0. The van der Waals surface area contributed by atoms with Gasteiger partial charge >= 0.3 is 0 Å². The molecule has 0 atom stereocenters. The van der Waals surface area contributed by atoms with E-state index in [1.165, 1.54) is 22.0 Å².